The number of carbonyl (C=O) groups excluding carboxylic acids is 2. The van der Waals surface area contributed by atoms with Crippen molar-refractivity contribution >= 4 is 11.9 Å². The van der Waals surface area contributed by atoms with Gasteiger partial charge in [-0.1, -0.05) is 48.5 Å². The van der Waals surface area contributed by atoms with Gasteiger partial charge in [-0.25, -0.2) is 9.18 Å². The first kappa shape index (κ1) is 22.5. The van der Waals surface area contributed by atoms with Crippen LogP contribution in [0.2, 0.25) is 0 Å². The monoisotopic (exact) mass is 480 g/mol. The summed E-state index contributed by atoms with van der Waals surface area (Å²) in [7, 11) is 0. The number of hydrogen-bond donors (Lipinski definition) is 0. The Kier molecular flexibility index (Phi) is 5.56. The van der Waals surface area contributed by atoms with Gasteiger partial charge in [0.2, 0.25) is 0 Å². The summed E-state index contributed by atoms with van der Waals surface area (Å²) in [5, 5.41) is 9.37. The van der Waals surface area contributed by atoms with E-state index in [4.69, 9.17) is 4.74 Å². The van der Waals surface area contributed by atoms with Crippen LogP contribution in [-0.4, -0.2) is 35.5 Å². The Morgan fingerprint density at radius 3 is 2.17 bits per heavy atom. The first-order chi connectivity index (χ1) is 17.5. The first-order valence-electron chi connectivity index (χ1n) is 12.4. The second-order valence-electron chi connectivity index (χ2n) is 9.93. The van der Waals surface area contributed by atoms with Gasteiger partial charge in [-0.3, -0.25) is 4.79 Å². The molecule has 3 aliphatic rings. The Hall–Kier alpha value is -3.98. The van der Waals surface area contributed by atoms with E-state index in [1.54, 1.807) is 0 Å². The number of rotatable bonds is 4. The van der Waals surface area contributed by atoms with E-state index >= 15 is 0 Å². The first-order valence-corrected chi connectivity index (χ1v) is 12.4. The van der Waals surface area contributed by atoms with Crippen LogP contribution in [0.4, 0.5) is 9.18 Å². The number of Topliss-reactive ketones (excluding diaryl/α,β-unsaturated/α-hetero) is 1. The highest BCUT2D eigenvalue weighted by Crippen LogP contribution is 2.45. The molecular formula is C30H25FN2O3. The molecule has 2 bridgehead atoms. The highest BCUT2D eigenvalue weighted by Gasteiger charge is 2.46. The zero-order valence-electron chi connectivity index (χ0n) is 19.7. The van der Waals surface area contributed by atoms with E-state index in [0.29, 0.717) is 12.8 Å². The van der Waals surface area contributed by atoms with Crippen molar-refractivity contribution in [2.45, 2.75) is 43.7 Å². The second kappa shape index (κ2) is 8.91. The number of nitrogens with zero attached hydrogens (tertiary/aromatic N) is 2. The van der Waals surface area contributed by atoms with E-state index in [-0.39, 0.29) is 53.5 Å². The molecule has 1 aliphatic carbocycles. The van der Waals surface area contributed by atoms with E-state index in [1.807, 2.05) is 35.2 Å². The summed E-state index contributed by atoms with van der Waals surface area (Å²) in [5.41, 5.74) is 5.03. The molecule has 2 atom stereocenters. The number of piperidine rings is 1. The zero-order valence-corrected chi connectivity index (χ0v) is 19.7. The molecule has 0 N–H and O–H groups in total. The summed E-state index contributed by atoms with van der Waals surface area (Å²) in [6.45, 7) is 0.264. The summed E-state index contributed by atoms with van der Waals surface area (Å²) >= 11 is 0. The number of ether oxygens (including phenoxy) is 1. The van der Waals surface area contributed by atoms with Crippen molar-refractivity contribution in [2.75, 3.05) is 6.61 Å². The van der Waals surface area contributed by atoms with Crippen molar-refractivity contribution in [1.82, 2.24) is 4.90 Å². The molecular weight excluding hydrogens is 455 g/mol. The molecule has 6 rings (SSSR count). The molecule has 3 aromatic carbocycles. The van der Waals surface area contributed by atoms with Gasteiger partial charge in [-0.2, -0.15) is 5.26 Å². The number of halogens is 1. The zero-order chi connectivity index (χ0) is 24.8. The summed E-state index contributed by atoms with van der Waals surface area (Å²) in [5.74, 6) is -1.09. The lowest BCUT2D eigenvalue weighted by atomic mass is 9.84. The van der Waals surface area contributed by atoms with Crippen molar-refractivity contribution in [3.8, 4) is 17.2 Å². The maximum atomic E-state index is 13.8. The maximum Gasteiger partial charge on any atom is 0.410 e. The number of amides is 1. The molecule has 180 valence electrons. The Balaban J connectivity index is 1.16. The van der Waals surface area contributed by atoms with E-state index in [1.165, 1.54) is 34.4 Å². The quantitative estimate of drug-likeness (QED) is 0.425. The van der Waals surface area contributed by atoms with Crippen molar-refractivity contribution in [2.24, 2.45) is 5.92 Å². The highest BCUT2D eigenvalue weighted by molar-refractivity contribution is 6.00. The number of benzene rings is 3. The minimum absolute atomic E-state index is 0.00417. The Morgan fingerprint density at radius 2 is 1.56 bits per heavy atom. The van der Waals surface area contributed by atoms with E-state index < -0.39 is 5.82 Å². The van der Waals surface area contributed by atoms with Crippen LogP contribution in [0.3, 0.4) is 0 Å². The molecule has 36 heavy (non-hydrogen) atoms. The highest BCUT2D eigenvalue weighted by atomic mass is 19.1. The van der Waals surface area contributed by atoms with Gasteiger partial charge in [0.25, 0.3) is 0 Å². The SMILES string of the molecule is N#Cc1ccc(F)cc1C(=O)C1CC2CCC(C1)N2C(=O)OCC1c2ccccc2-c2ccccc21. The van der Waals surface area contributed by atoms with Gasteiger partial charge >= 0.3 is 6.09 Å². The molecule has 0 radical (unpaired) electrons. The van der Waals surface area contributed by atoms with Crippen LogP contribution in [0.5, 0.6) is 0 Å². The lowest BCUT2D eigenvalue weighted by Crippen LogP contribution is -2.48. The van der Waals surface area contributed by atoms with E-state index in [0.717, 1.165) is 18.9 Å². The molecule has 2 unspecified atom stereocenters. The predicted octanol–water partition coefficient (Wildman–Crippen LogP) is 6.07. The number of carbonyl (C=O) groups is 2. The fourth-order valence-electron chi connectivity index (χ4n) is 6.40. The summed E-state index contributed by atoms with van der Waals surface area (Å²) in [6, 6.07) is 22.0. The van der Waals surface area contributed by atoms with Crippen molar-refractivity contribution < 1.29 is 18.7 Å². The molecule has 1 amide bonds. The summed E-state index contributed by atoms with van der Waals surface area (Å²) in [6.07, 6.45) is 2.29. The molecule has 2 aliphatic heterocycles. The van der Waals surface area contributed by atoms with E-state index in [9.17, 15) is 19.2 Å². The minimum atomic E-state index is -0.531. The van der Waals surface area contributed by atoms with Gasteiger partial charge in [0.15, 0.2) is 5.78 Å². The Labute approximate surface area is 209 Å². The molecule has 6 heteroatoms. The minimum Gasteiger partial charge on any atom is -0.448 e. The summed E-state index contributed by atoms with van der Waals surface area (Å²) in [4.78, 5) is 28.3. The topological polar surface area (TPSA) is 70.4 Å². The van der Waals surface area contributed by atoms with Crippen LogP contribution >= 0.6 is 0 Å². The van der Waals surface area contributed by atoms with Gasteiger partial charge in [0.05, 0.1) is 11.6 Å². The number of hydrogen-bond acceptors (Lipinski definition) is 4. The van der Waals surface area contributed by atoms with Crippen LogP contribution in [0, 0.1) is 23.1 Å². The van der Waals surface area contributed by atoms with Crippen LogP contribution in [0.25, 0.3) is 11.1 Å². The van der Waals surface area contributed by atoms with Crippen molar-refractivity contribution in [3.63, 3.8) is 0 Å². The molecule has 3 aromatic rings. The molecule has 0 saturated carbocycles. The smallest absolute Gasteiger partial charge is 0.410 e. The van der Waals surface area contributed by atoms with Gasteiger partial charge in [-0.15, -0.1) is 0 Å². The predicted molar refractivity (Wildman–Crippen MR) is 132 cm³/mol. The third kappa shape index (κ3) is 3.67. The van der Waals surface area contributed by atoms with Crippen LogP contribution in [0.1, 0.15) is 58.6 Å². The molecule has 2 fully saturated rings. The third-order valence-electron chi connectivity index (χ3n) is 8.02. The lowest BCUT2D eigenvalue weighted by Gasteiger charge is -2.37. The van der Waals surface area contributed by atoms with Crippen LogP contribution in [-0.2, 0) is 4.74 Å². The summed E-state index contributed by atoms with van der Waals surface area (Å²) < 4.78 is 19.7. The van der Waals surface area contributed by atoms with Crippen molar-refractivity contribution in [1.29, 1.82) is 5.26 Å². The third-order valence-corrected chi connectivity index (χ3v) is 8.02. The maximum absolute atomic E-state index is 13.8. The molecule has 0 spiro atoms. The number of nitriles is 1. The van der Waals surface area contributed by atoms with Gasteiger partial charge in [-0.05, 0) is 66.1 Å². The van der Waals surface area contributed by atoms with Gasteiger partial charge < -0.3 is 9.64 Å². The molecule has 5 nitrogen and oxygen atoms in total. The fraction of sp³-hybridized carbons (Fsp3) is 0.300. The van der Waals surface area contributed by atoms with E-state index in [2.05, 4.69) is 24.3 Å². The molecule has 0 aromatic heterocycles. The average Bonchev–Trinajstić information content (AvgIpc) is 3.37. The fourth-order valence-corrected chi connectivity index (χ4v) is 6.40. The second-order valence-corrected chi connectivity index (χ2v) is 9.93. The van der Waals surface area contributed by atoms with Gasteiger partial charge in [0, 0.05) is 29.5 Å². The largest absolute Gasteiger partial charge is 0.448 e. The Bertz CT molecular complexity index is 1350. The number of fused-ring (bicyclic) bond motifs is 5. The average molecular weight is 481 g/mol. The van der Waals surface area contributed by atoms with Crippen LogP contribution in [0.15, 0.2) is 66.7 Å². The Morgan fingerprint density at radius 1 is 0.944 bits per heavy atom. The van der Waals surface area contributed by atoms with Gasteiger partial charge in [0.1, 0.15) is 12.4 Å². The number of ketones is 1. The lowest BCUT2D eigenvalue weighted by molar-refractivity contribution is 0.0506. The molecule has 2 heterocycles. The normalized spacial score (nSPS) is 22.0. The molecule has 2 saturated heterocycles. The van der Waals surface area contributed by atoms with Crippen molar-refractivity contribution in [3.05, 3.63) is 94.8 Å². The van der Waals surface area contributed by atoms with Crippen LogP contribution < -0.4 is 0 Å². The standard InChI is InChI=1S/C30H25FN2O3/c31-20-10-9-18(16-32)27(15-20)29(34)19-13-21-11-12-22(14-19)33(21)30(35)36-17-28-25-7-3-1-5-23(25)24-6-2-4-8-26(24)28/h1-10,15,19,21-22,28H,11-14,17H2.